The van der Waals surface area contributed by atoms with Gasteiger partial charge in [0.1, 0.15) is 16.0 Å². The molecule has 1 aromatic rings. The van der Waals surface area contributed by atoms with Crippen LogP contribution in [-0.4, -0.2) is 34.0 Å². The van der Waals surface area contributed by atoms with E-state index in [0.29, 0.717) is 4.32 Å². The molecule has 1 heterocycles. The van der Waals surface area contributed by atoms with Crippen molar-refractivity contribution in [3.8, 4) is 0 Å². The molecule has 7 heteroatoms. The molecule has 0 bridgehead atoms. The molecule has 2 rings (SSSR count). The van der Waals surface area contributed by atoms with Gasteiger partial charge in [-0.05, 0) is 25.0 Å². The number of likely N-dealkylation sites (tertiary alicyclic amines) is 1. The number of amides is 1. The molecule has 0 spiro atoms. The maximum absolute atomic E-state index is 13.0. The van der Waals surface area contributed by atoms with Gasteiger partial charge in [0.2, 0.25) is 5.91 Å². The van der Waals surface area contributed by atoms with E-state index in [1.807, 2.05) is 0 Å². The molecule has 1 N–H and O–H groups in total. The summed E-state index contributed by atoms with van der Waals surface area (Å²) in [5.41, 5.74) is 0.111. The van der Waals surface area contributed by atoms with Crippen LogP contribution in [0.5, 0.6) is 0 Å². The molecule has 108 valence electrons. The third kappa shape index (κ3) is 4.42. The van der Waals surface area contributed by atoms with Crippen molar-refractivity contribution in [1.29, 1.82) is 0 Å². The minimum absolute atomic E-state index is 0.111. The zero-order chi connectivity index (χ0) is 14.5. The zero-order valence-electron chi connectivity index (χ0n) is 10.7. The summed E-state index contributed by atoms with van der Waals surface area (Å²) in [5, 5.41) is 2.45. The lowest BCUT2D eigenvalue weighted by atomic mass is 10.3. The van der Waals surface area contributed by atoms with Gasteiger partial charge in [0.15, 0.2) is 0 Å². The number of thiocarbonyl (C=S) groups is 1. The minimum atomic E-state index is -0.722. The average molecular weight is 316 g/mol. The second kappa shape index (κ2) is 6.99. The summed E-state index contributed by atoms with van der Waals surface area (Å²) in [6.45, 7) is 1.87. The van der Waals surface area contributed by atoms with Gasteiger partial charge < -0.3 is 10.2 Å². The van der Waals surface area contributed by atoms with Crippen LogP contribution in [-0.2, 0) is 4.79 Å². The van der Waals surface area contributed by atoms with Gasteiger partial charge in [-0.15, -0.1) is 0 Å². The summed E-state index contributed by atoms with van der Waals surface area (Å²) < 4.78 is 26.6. The fraction of sp³-hybridized carbons (Fsp3) is 0.385. The largest absolute Gasteiger partial charge is 0.358 e. The highest BCUT2D eigenvalue weighted by atomic mass is 32.2. The number of benzene rings is 1. The van der Waals surface area contributed by atoms with Crippen LogP contribution in [0.3, 0.4) is 0 Å². The maximum atomic E-state index is 13.0. The van der Waals surface area contributed by atoms with E-state index in [1.165, 1.54) is 11.8 Å². The third-order valence-corrected chi connectivity index (χ3v) is 4.36. The molecular formula is C13H14F2N2OS2. The Labute approximate surface area is 125 Å². The van der Waals surface area contributed by atoms with Crippen molar-refractivity contribution in [2.75, 3.05) is 24.2 Å². The smallest absolute Gasteiger partial charge is 0.234 e. The summed E-state index contributed by atoms with van der Waals surface area (Å²) in [5.74, 6) is -1.64. The van der Waals surface area contributed by atoms with Gasteiger partial charge in [-0.25, -0.2) is 8.78 Å². The highest BCUT2D eigenvalue weighted by Crippen LogP contribution is 2.17. The Morgan fingerprint density at radius 1 is 1.25 bits per heavy atom. The fourth-order valence-corrected chi connectivity index (χ4v) is 2.99. The molecule has 1 fully saturated rings. The number of thioether (sulfide) groups is 1. The quantitative estimate of drug-likeness (QED) is 0.869. The number of hydrogen-bond donors (Lipinski definition) is 1. The molecule has 3 nitrogen and oxygen atoms in total. The Kier molecular flexibility index (Phi) is 5.31. The molecule has 1 aromatic carbocycles. The number of halogens is 2. The van der Waals surface area contributed by atoms with Crippen molar-refractivity contribution < 1.29 is 13.6 Å². The summed E-state index contributed by atoms with van der Waals surface area (Å²) in [4.78, 5) is 13.8. The highest BCUT2D eigenvalue weighted by molar-refractivity contribution is 8.23. The Hall–Kier alpha value is -1.21. The minimum Gasteiger partial charge on any atom is -0.358 e. The first kappa shape index (κ1) is 15.2. The Balaban J connectivity index is 1.81. The van der Waals surface area contributed by atoms with Crippen LogP contribution in [0.1, 0.15) is 12.8 Å². The number of rotatable bonds is 3. The Morgan fingerprint density at radius 3 is 2.45 bits per heavy atom. The second-order valence-corrected chi connectivity index (χ2v) is 6.06. The first-order chi connectivity index (χ1) is 9.54. The van der Waals surface area contributed by atoms with Crippen LogP contribution in [0.25, 0.3) is 0 Å². The zero-order valence-corrected chi connectivity index (χ0v) is 12.3. The predicted octanol–water partition coefficient (Wildman–Crippen LogP) is 3.02. The van der Waals surface area contributed by atoms with E-state index in [0.717, 1.165) is 44.1 Å². The predicted molar refractivity (Wildman–Crippen MR) is 80.9 cm³/mol. The summed E-state index contributed by atoms with van der Waals surface area (Å²) in [6.07, 6.45) is 2.24. The number of anilines is 1. The molecular weight excluding hydrogens is 302 g/mol. The molecule has 1 aliphatic rings. The standard InChI is InChI=1S/C13H14F2N2OS2/c14-9-5-10(15)7-11(6-9)16-12(18)8-20-13(19)17-3-1-2-4-17/h5-7H,1-4,8H2,(H,16,18). The summed E-state index contributed by atoms with van der Waals surface area (Å²) >= 11 is 6.49. The van der Waals surface area contributed by atoms with E-state index in [4.69, 9.17) is 12.2 Å². The van der Waals surface area contributed by atoms with Crippen molar-refractivity contribution in [2.45, 2.75) is 12.8 Å². The van der Waals surface area contributed by atoms with E-state index in [1.54, 1.807) is 0 Å². The Morgan fingerprint density at radius 2 is 1.85 bits per heavy atom. The lowest BCUT2D eigenvalue weighted by molar-refractivity contribution is -0.113. The number of nitrogens with one attached hydrogen (secondary N) is 1. The third-order valence-electron chi connectivity index (χ3n) is 2.84. The van der Waals surface area contributed by atoms with Gasteiger partial charge in [0.05, 0.1) is 5.75 Å². The van der Waals surface area contributed by atoms with E-state index < -0.39 is 11.6 Å². The number of nitrogens with zero attached hydrogens (tertiary/aromatic N) is 1. The lowest BCUT2D eigenvalue weighted by Gasteiger charge is -2.17. The van der Waals surface area contributed by atoms with E-state index >= 15 is 0 Å². The van der Waals surface area contributed by atoms with Crippen molar-refractivity contribution in [1.82, 2.24) is 4.90 Å². The van der Waals surface area contributed by atoms with Crippen LogP contribution in [0.4, 0.5) is 14.5 Å². The van der Waals surface area contributed by atoms with Crippen LogP contribution >= 0.6 is 24.0 Å². The van der Waals surface area contributed by atoms with Gasteiger partial charge in [-0.1, -0.05) is 24.0 Å². The maximum Gasteiger partial charge on any atom is 0.234 e. The molecule has 1 aliphatic heterocycles. The molecule has 0 radical (unpaired) electrons. The van der Waals surface area contributed by atoms with Crippen LogP contribution < -0.4 is 5.32 Å². The van der Waals surface area contributed by atoms with E-state index in [-0.39, 0.29) is 17.3 Å². The van der Waals surface area contributed by atoms with Crippen molar-refractivity contribution in [3.05, 3.63) is 29.8 Å². The molecule has 0 aliphatic carbocycles. The Bertz CT molecular complexity index is 499. The van der Waals surface area contributed by atoms with Gasteiger partial charge in [-0.3, -0.25) is 4.79 Å². The number of hydrogen-bond acceptors (Lipinski definition) is 3. The SMILES string of the molecule is O=C(CSC(=S)N1CCCC1)Nc1cc(F)cc(F)c1. The first-order valence-electron chi connectivity index (χ1n) is 6.22. The summed E-state index contributed by atoms with van der Waals surface area (Å²) in [6, 6.07) is 2.90. The van der Waals surface area contributed by atoms with Gasteiger partial charge in [-0.2, -0.15) is 0 Å². The molecule has 1 amide bonds. The monoisotopic (exact) mass is 316 g/mol. The van der Waals surface area contributed by atoms with Crippen LogP contribution in [0.2, 0.25) is 0 Å². The van der Waals surface area contributed by atoms with Crippen LogP contribution in [0, 0.1) is 11.6 Å². The fourth-order valence-electron chi connectivity index (χ4n) is 1.94. The lowest BCUT2D eigenvalue weighted by Crippen LogP contribution is -2.25. The van der Waals surface area contributed by atoms with Crippen molar-refractivity contribution in [2.24, 2.45) is 0 Å². The number of carbonyl (C=O) groups excluding carboxylic acids is 1. The highest BCUT2D eigenvalue weighted by Gasteiger charge is 2.16. The van der Waals surface area contributed by atoms with Crippen LogP contribution in [0.15, 0.2) is 18.2 Å². The average Bonchev–Trinajstić information content (AvgIpc) is 2.88. The number of carbonyl (C=O) groups is 1. The van der Waals surface area contributed by atoms with E-state index in [9.17, 15) is 13.6 Å². The van der Waals surface area contributed by atoms with Crippen molar-refractivity contribution in [3.63, 3.8) is 0 Å². The van der Waals surface area contributed by atoms with E-state index in [2.05, 4.69) is 10.2 Å². The molecule has 1 saturated heterocycles. The molecule has 20 heavy (non-hydrogen) atoms. The van der Waals surface area contributed by atoms with Gasteiger partial charge >= 0.3 is 0 Å². The topological polar surface area (TPSA) is 32.3 Å². The molecule has 0 aromatic heterocycles. The first-order valence-corrected chi connectivity index (χ1v) is 7.61. The van der Waals surface area contributed by atoms with Gasteiger partial charge in [0, 0.05) is 24.8 Å². The molecule has 0 saturated carbocycles. The molecule has 0 atom stereocenters. The summed E-state index contributed by atoms with van der Waals surface area (Å²) in [7, 11) is 0. The molecule has 0 unspecified atom stereocenters. The normalized spacial score (nSPS) is 14.4. The van der Waals surface area contributed by atoms with Crippen molar-refractivity contribution >= 4 is 39.9 Å². The second-order valence-electron chi connectivity index (χ2n) is 4.46. The van der Waals surface area contributed by atoms with Gasteiger partial charge in [0.25, 0.3) is 0 Å².